The molecule has 5 nitrogen and oxygen atoms in total. The minimum Gasteiger partial charge on any atom is -0.495 e. The first kappa shape index (κ1) is 13.5. The normalized spacial score (nSPS) is 10.2. The Morgan fingerprint density at radius 1 is 1.47 bits per heavy atom. The molecule has 0 bridgehead atoms. The second-order valence-corrected chi connectivity index (χ2v) is 4.76. The van der Waals surface area contributed by atoms with Crippen LogP contribution in [0.5, 0.6) is 5.75 Å². The predicted molar refractivity (Wildman–Crippen MR) is 75.8 cm³/mol. The second kappa shape index (κ2) is 6.31. The van der Waals surface area contributed by atoms with Gasteiger partial charge in [0.1, 0.15) is 11.4 Å². The number of nitrogens with zero attached hydrogens (tertiary/aromatic N) is 1. The zero-order valence-electron chi connectivity index (χ0n) is 10.6. The zero-order chi connectivity index (χ0) is 13.7. The summed E-state index contributed by atoms with van der Waals surface area (Å²) in [6.07, 6.45) is 0.687. The summed E-state index contributed by atoms with van der Waals surface area (Å²) in [4.78, 5) is 16.3. The van der Waals surface area contributed by atoms with Crippen LogP contribution in [-0.2, 0) is 6.42 Å². The van der Waals surface area contributed by atoms with E-state index in [4.69, 9.17) is 10.5 Å². The summed E-state index contributed by atoms with van der Waals surface area (Å²) in [5.41, 5.74) is 6.49. The van der Waals surface area contributed by atoms with E-state index in [2.05, 4.69) is 10.3 Å². The number of hydrogen-bond donors (Lipinski definition) is 2. The number of carbonyl (C=O) groups excluding carboxylic acids is 1. The van der Waals surface area contributed by atoms with Crippen molar-refractivity contribution in [2.75, 3.05) is 19.0 Å². The van der Waals surface area contributed by atoms with Crippen molar-refractivity contribution in [3.05, 3.63) is 40.3 Å². The number of amides is 1. The Kier molecular flexibility index (Phi) is 4.48. The standard InChI is InChI=1S/C13H15N3O2S/c1-18-11-5-3-2-4-9(11)16-13(17)10-8-19-12(15-10)6-7-14/h2-5,8H,6-7,14H2,1H3,(H,16,17). The fraction of sp³-hybridized carbons (Fsp3) is 0.231. The highest BCUT2D eigenvalue weighted by atomic mass is 32.1. The number of aromatic nitrogens is 1. The molecule has 0 aliphatic carbocycles. The van der Waals surface area contributed by atoms with Crippen molar-refractivity contribution in [3.8, 4) is 5.75 Å². The first-order valence-corrected chi connectivity index (χ1v) is 6.71. The number of nitrogens with one attached hydrogen (secondary N) is 1. The van der Waals surface area contributed by atoms with Crippen LogP contribution in [0, 0.1) is 0 Å². The van der Waals surface area contributed by atoms with Crippen LogP contribution in [0.25, 0.3) is 0 Å². The third-order valence-electron chi connectivity index (χ3n) is 2.50. The molecule has 0 aliphatic heterocycles. The summed E-state index contributed by atoms with van der Waals surface area (Å²) < 4.78 is 5.18. The maximum Gasteiger partial charge on any atom is 0.275 e. The molecule has 0 radical (unpaired) electrons. The summed E-state index contributed by atoms with van der Waals surface area (Å²) in [6.45, 7) is 0.529. The smallest absolute Gasteiger partial charge is 0.275 e. The predicted octanol–water partition coefficient (Wildman–Crippen LogP) is 1.91. The molecule has 0 unspecified atom stereocenters. The summed E-state index contributed by atoms with van der Waals surface area (Å²) in [5.74, 6) is 0.372. The van der Waals surface area contributed by atoms with E-state index >= 15 is 0 Å². The second-order valence-electron chi connectivity index (χ2n) is 3.82. The van der Waals surface area contributed by atoms with Crippen LogP contribution in [0.3, 0.4) is 0 Å². The van der Waals surface area contributed by atoms with Crippen LogP contribution in [-0.4, -0.2) is 24.5 Å². The van der Waals surface area contributed by atoms with Gasteiger partial charge in [-0.1, -0.05) is 12.1 Å². The highest BCUT2D eigenvalue weighted by Crippen LogP contribution is 2.23. The van der Waals surface area contributed by atoms with Crippen LogP contribution in [0.15, 0.2) is 29.6 Å². The van der Waals surface area contributed by atoms with Crippen LogP contribution in [0.1, 0.15) is 15.5 Å². The molecule has 1 amide bonds. The third kappa shape index (κ3) is 3.30. The van der Waals surface area contributed by atoms with Crippen LogP contribution >= 0.6 is 11.3 Å². The lowest BCUT2D eigenvalue weighted by Crippen LogP contribution is -2.13. The van der Waals surface area contributed by atoms with E-state index in [1.807, 2.05) is 12.1 Å². The van der Waals surface area contributed by atoms with Gasteiger partial charge in [0.2, 0.25) is 0 Å². The SMILES string of the molecule is COc1ccccc1NC(=O)c1csc(CCN)n1. The molecule has 19 heavy (non-hydrogen) atoms. The molecule has 100 valence electrons. The molecule has 0 saturated heterocycles. The van der Waals surface area contributed by atoms with Crippen molar-refractivity contribution < 1.29 is 9.53 Å². The van der Waals surface area contributed by atoms with Gasteiger partial charge in [0.25, 0.3) is 5.91 Å². The van der Waals surface area contributed by atoms with E-state index < -0.39 is 0 Å². The molecule has 2 aromatic rings. The number of methoxy groups -OCH3 is 1. The van der Waals surface area contributed by atoms with E-state index in [0.29, 0.717) is 30.1 Å². The Bertz CT molecular complexity index is 569. The van der Waals surface area contributed by atoms with Crippen molar-refractivity contribution in [2.45, 2.75) is 6.42 Å². The van der Waals surface area contributed by atoms with Crippen molar-refractivity contribution in [3.63, 3.8) is 0 Å². The van der Waals surface area contributed by atoms with Crippen molar-refractivity contribution in [1.29, 1.82) is 0 Å². The number of anilines is 1. The number of hydrogen-bond acceptors (Lipinski definition) is 5. The van der Waals surface area contributed by atoms with E-state index in [0.717, 1.165) is 5.01 Å². The van der Waals surface area contributed by atoms with Crippen LogP contribution in [0.4, 0.5) is 5.69 Å². The number of thiazole rings is 1. The maximum absolute atomic E-state index is 12.0. The summed E-state index contributed by atoms with van der Waals surface area (Å²) in [5, 5.41) is 5.38. The van der Waals surface area contributed by atoms with Crippen LogP contribution < -0.4 is 15.8 Å². The number of nitrogens with two attached hydrogens (primary N) is 1. The molecule has 2 rings (SSSR count). The molecule has 6 heteroatoms. The highest BCUT2D eigenvalue weighted by Gasteiger charge is 2.12. The van der Waals surface area contributed by atoms with Gasteiger partial charge in [-0.2, -0.15) is 0 Å². The summed E-state index contributed by atoms with van der Waals surface area (Å²) in [7, 11) is 1.56. The summed E-state index contributed by atoms with van der Waals surface area (Å²) >= 11 is 1.44. The van der Waals surface area contributed by atoms with Crippen molar-refractivity contribution in [1.82, 2.24) is 4.98 Å². The van der Waals surface area contributed by atoms with Gasteiger partial charge in [-0.15, -0.1) is 11.3 Å². The van der Waals surface area contributed by atoms with E-state index in [1.165, 1.54) is 11.3 Å². The molecule has 1 aromatic carbocycles. The van der Waals surface area contributed by atoms with Gasteiger partial charge >= 0.3 is 0 Å². The number of rotatable bonds is 5. The van der Waals surface area contributed by atoms with Gasteiger partial charge < -0.3 is 15.8 Å². The van der Waals surface area contributed by atoms with Crippen molar-refractivity contribution in [2.24, 2.45) is 5.73 Å². The fourth-order valence-electron chi connectivity index (χ4n) is 1.59. The molecule has 0 saturated carbocycles. The number of benzene rings is 1. The topological polar surface area (TPSA) is 77.2 Å². The average Bonchev–Trinajstić information content (AvgIpc) is 2.88. The Morgan fingerprint density at radius 3 is 3.00 bits per heavy atom. The lowest BCUT2D eigenvalue weighted by molar-refractivity contribution is 0.102. The minimum absolute atomic E-state index is 0.246. The number of carbonyl (C=O) groups is 1. The molecular formula is C13H15N3O2S. The quantitative estimate of drug-likeness (QED) is 0.875. The van der Waals surface area contributed by atoms with Crippen LogP contribution in [0.2, 0.25) is 0 Å². The fourth-order valence-corrected chi connectivity index (χ4v) is 2.38. The van der Waals surface area contributed by atoms with Gasteiger partial charge in [-0.3, -0.25) is 4.79 Å². The van der Waals surface area contributed by atoms with Gasteiger partial charge in [-0.05, 0) is 18.7 Å². The Balaban J connectivity index is 2.11. The monoisotopic (exact) mass is 277 g/mol. The summed E-state index contributed by atoms with van der Waals surface area (Å²) in [6, 6.07) is 7.25. The molecular weight excluding hydrogens is 262 g/mol. The lowest BCUT2D eigenvalue weighted by atomic mass is 10.3. The zero-order valence-corrected chi connectivity index (χ0v) is 11.4. The largest absolute Gasteiger partial charge is 0.495 e. The molecule has 1 aromatic heterocycles. The molecule has 0 atom stereocenters. The number of para-hydroxylation sites is 2. The van der Waals surface area contributed by atoms with E-state index in [-0.39, 0.29) is 5.91 Å². The molecule has 3 N–H and O–H groups in total. The highest BCUT2D eigenvalue weighted by molar-refractivity contribution is 7.09. The third-order valence-corrected chi connectivity index (χ3v) is 3.41. The Morgan fingerprint density at radius 2 is 2.26 bits per heavy atom. The maximum atomic E-state index is 12.0. The van der Waals surface area contributed by atoms with E-state index in [9.17, 15) is 4.79 Å². The first-order chi connectivity index (χ1) is 9.24. The molecule has 0 fully saturated rings. The van der Waals surface area contributed by atoms with Gasteiger partial charge in [-0.25, -0.2) is 4.98 Å². The van der Waals surface area contributed by atoms with Gasteiger partial charge in [0, 0.05) is 11.8 Å². The number of ether oxygens (including phenoxy) is 1. The van der Waals surface area contributed by atoms with Crippen molar-refractivity contribution >= 4 is 22.9 Å². The van der Waals surface area contributed by atoms with Gasteiger partial charge in [0.05, 0.1) is 17.8 Å². The molecule has 0 aliphatic rings. The van der Waals surface area contributed by atoms with E-state index in [1.54, 1.807) is 24.6 Å². The lowest BCUT2D eigenvalue weighted by Gasteiger charge is -2.08. The minimum atomic E-state index is -0.246. The molecule has 0 spiro atoms. The Hall–Kier alpha value is -1.92. The Labute approximate surface area is 115 Å². The van der Waals surface area contributed by atoms with Gasteiger partial charge in [0.15, 0.2) is 0 Å². The first-order valence-electron chi connectivity index (χ1n) is 5.83. The average molecular weight is 277 g/mol. The molecule has 1 heterocycles.